The van der Waals surface area contributed by atoms with Gasteiger partial charge in [0.05, 0.1) is 6.61 Å². The van der Waals surface area contributed by atoms with Gasteiger partial charge in [0.2, 0.25) is 5.82 Å². The third-order valence-electron chi connectivity index (χ3n) is 3.97. The van der Waals surface area contributed by atoms with E-state index in [2.05, 4.69) is 4.74 Å². The molecule has 0 aliphatic rings. The highest BCUT2D eigenvalue weighted by Crippen LogP contribution is 2.25. The second-order valence-corrected chi connectivity index (χ2v) is 6.10. The Bertz CT molecular complexity index is 726. The summed E-state index contributed by atoms with van der Waals surface area (Å²) in [6, 6.07) is 8.16. The van der Waals surface area contributed by atoms with Crippen molar-refractivity contribution in [2.45, 2.75) is 45.4 Å². The van der Waals surface area contributed by atoms with E-state index in [4.69, 9.17) is 4.74 Å². The third-order valence-corrected chi connectivity index (χ3v) is 3.97. The maximum atomic E-state index is 14.2. The number of rotatable bonds is 9. The molecule has 0 bridgehead atoms. The Kier molecular flexibility index (Phi) is 7.45. The second kappa shape index (κ2) is 9.58. The Morgan fingerprint density at radius 1 is 0.852 bits per heavy atom. The molecule has 0 saturated carbocycles. The SMILES string of the molecule is CCCCCOc1ccc(CCc2ccc(OC(F)(F)F)cc2)c(F)c1F. The molecule has 0 saturated heterocycles. The first kappa shape index (κ1) is 21.0. The number of hydrogen-bond acceptors (Lipinski definition) is 2. The van der Waals surface area contributed by atoms with Crippen molar-refractivity contribution in [1.29, 1.82) is 0 Å². The van der Waals surface area contributed by atoms with Crippen LogP contribution >= 0.6 is 0 Å². The number of aryl methyl sites for hydroxylation is 2. The number of unbranched alkanes of at least 4 members (excludes halogenated alkanes) is 2. The number of benzene rings is 2. The van der Waals surface area contributed by atoms with E-state index in [0.29, 0.717) is 18.6 Å². The van der Waals surface area contributed by atoms with Crippen LogP contribution in [0.25, 0.3) is 0 Å². The summed E-state index contributed by atoms with van der Waals surface area (Å²) >= 11 is 0. The van der Waals surface area contributed by atoms with Gasteiger partial charge in [0.1, 0.15) is 5.75 Å². The molecule has 0 amide bonds. The fourth-order valence-corrected chi connectivity index (χ4v) is 2.55. The van der Waals surface area contributed by atoms with E-state index >= 15 is 0 Å². The van der Waals surface area contributed by atoms with Gasteiger partial charge in [0, 0.05) is 0 Å². The summed E-state index contributed by atoms with van der Waals surface area (Å²) in [6.07, 6.45) is -1.47. The Labute approximate surface area is 154 Å². The maximum absolute atomic E-state index is 14.2. The standard InChI is InChI=1S/C20H21F5O2/c1-2-3-4-13-26-17-12-9-15(18(21)19(17)22)8-5-14-6-10-16(11-7-14)27-20(23,24)25/h6-7,9-12H,2-5,8,13H2,1H3. The van der Waals surface area contributed by atoms with Gasteiger partial charge in [0.25, 0.3) is 0 Å². The van der Waals surface area contributed by atoms with Crippen molar-refractivity contribution in [3.8, 4) is 11.5 Å². The minimum absolute atomic E-state index is 0.110. The van der Waals surface area contributed by atoms with Gasteiger partial charge in [-0.05, 0) is 48.6 Å². The van der Waals surface area contributed by atoms with E-state index in [1.54, 1.807) is 0 Å². The number of hydrogen-bond donors (Lipinski definition) is 0. The summed E-state index contributed by atoms with van der Waals surface area (Å²) < 4.78 is 73.7. The van der Waals surface area contributed by atoms with Crippen molar-refractivity contribution < 1.29 is 31.4 Å². The van der Waals surface area contributed by atoms with Gasteiger partial charge in [-0.15, -0.1) is 13.2 Å². The predicted molar refractivity (Wildman–Crippen MR) is 91.9 cm³/mol. The smallest absolute Gasteiger partial charge is 0.490 e. The molecule has 2 aromatic rings. The van der Waals surface area contributed by atoms with Crippen LogP contribution < -0.4 is 9.47 Å². The van der Waals surface area contributed by atoms with E-state index in [9.17, 15) is 22.0 Å². The van der Waals surface area contributed by atoms with Crippen LogP contribution in [0.2, 0.25) is 0 Å². The lowest BCUT2D eigenvalue weighted by atomic mass is 10.0. The maximum Gasteiger partial charge on any atom is 0.573 e. The van der Waals surface area contributed by atoms with Gasteiger partial charge in [-0.1, -0.05) is 38.0 Å². The van der Waals surface area contributed by atoms with Gasteiger partial charge in [-0.25, -0.2) is 4.39 Å². The lowest BCUT2D eigenvalue weighted by Gasteiger charge is -2.11. The molecule has 0 atom stereocenters. The average molecular weight is 388 g/mol. The van der Waals surface area contributed by atoms with Gasteiger partial charge < -0.3 is 9.47 Å². The molecule has 27 heavy (non-hydrogen) atoms. The topological polar surface area (TPSA) is 18.5 Å². The molecule has 2 nitrogen and oxygen atoms in total. The first-order valence-corrected chi connectivity index (χ1v) is 8.74. The summed E-state index contributed by atoms with van der Waals surface area (Å²) in [5, 5.41) is 0. The van der Waals surface area contributed by atoms with Crippen LogP contribution in [0.15, 0.2) is 36.4 Å². The Hall–Kier alpha value is -2.31. The molecule has 0 aliphatic carbocycles. The van der Waals surface area contributed by atoms with Gasteiger partial charge >= 0.3 is 6.36 Å². The zero-order valence-electron chi connectivity index (χ0n) is 14.9. The Balaban J connectivity index is 1.94. The minimum Gasteiger partial charge on any atom is -0.490 e. The van der Waals surface area contributed by atoms with Crippen LogP contribution in [0.1, 0.15) is 37.3 Å². The summed E-state index contributed by atoms with van der Waals surface area (Å²) in [4.78, 5) is 0. The predicted octanol–water partition coefficient (Wildman–Crippen LogP) is 6.22. The molecule has 0 radical (unpaired) electrons. The highest BCUT2D eigenvalue weighted by atomic mass is 19.4. The first-order chi connectivity index (χ1) is 12.8. The molecule has 148 valence electrons. The Morgan fingerprint density at radius 2 is 1.56 bits per heavy atom. The van der Waals surface area contributed by atoms with Crippen molar-refractivity contribution >= 4 is 0 Å². The second-order valence-electron chi connectivity index (χ2n) is 6.10. The van der Waals surface area contributed by atoms with Crippen molar-refractivity contribution in [3.05, 3.63) is 59.2 Å². The summed E-state index contributed by atoms with van der Waals surface area (Å²) in [5.74, 6) is -2.41. The van der Waals surface area contributed by atoms with Crippen LogP contribution in [0.3, 0.4) is 0 Å². The number of ether oxygens (including phenoxy) is 2. The van der Waals surface area contributed by atoms with Crippen LogP contribution in [0, 0.1) is 11.6 Å². The van der Waals surface area contributed by atoms with E-state index in [0.717, 1.165) is 19.3 Å². The van der Waals surface area contributed by atoms with Crippen LogP contribution in [0.5, 0.6) is 11.5 Å². The quantitative estimate of drug-likeness (QED) is 0.375. The molecule has 0 unspecified atom stereocenters. The summed E-state index contributed by atoms with van der Waals surface area (Å²) in [7, 11) is 0. The zero-order chi connectivity index (χ0) is 19.9. The molecule has 0 spiro atoms. The molecule has 2 rings (SSSR count). The Morgan fingerprint density at radius 3 is 2.19 bits per heavy atom. The van der Waals surface area contributed by atoms with Crippen molar-refractivity contribution in [2.24, 2.45) is 0 Å². The highest BCUT2D eigenvalue weighted by molar-refractivity contribution is 5.33. The van der Waals surface area contributed by atoms with E-state index in [-0.39, 0.29) is 23.5 Å². The van der Waals surface area contributed by atoms with Crippen LogP contribution in [0.4, 0.5) is 22.0 Å². The monoisotopic (exact) mass is 388 g/mol. The van der Waals surface area contributed by atoms with Gasteiger partial charge in [-0.2, -0.15) is 4.39 Å². The molecule has 0 N–H and O–H groups in total. The molecule has 0 aliphatic heterocycles. The minimum atomic E-state index is -4.75. The van der Waals surface area contributed by atoms with E-state index < -0.39 is 18.0 Å². The lowest BCUT2D eigenvalue weighted by Crippen LogP contribution is -2.17. The van der Waals surface area contributed by atoms with Gasteiger partial charge in [0.15, 0.2) is 11.6 Å². The van der Waals surface area contributed by atoms with Gasteiger partial charge in [-0.3, -0.25) is 0 Å². The first-order valence-electron chi connectivity index (χ1n) is 8.74. The summed E-state index contributed by atoms with van der Waals surface area (Å²) in [5.41, 5.74) is 0.869. The fraction of sp³-hybridized carbons (Fsp3) is 0.400. The normalized spacial score (nSPS) is 11.5. The van der Waals surface area contributed by atoms with Crippen molar-refractivity contribution in [1.82, 2.24) is 0 Å². The molecule has 7 heteroatoms. The van der Waals surface area contributed by atoms with Crippen LogP contribution in [-0.4, -0.2) is 13.0 Å². The molecule has 0 heterocycles. The zero-order valence-corrected chi connectivity index (χ0v) is 14.9. The fourth-order valence-electron chi connectivity index (χ4n) is 2.55. The average Bonchev–Trinajstić information content (AvgIpc) is 2.61. The highest BCUT2D eigenvalue weighted by Gasteiger charge is 2.30. The van der Waals surface area contributed by atoms with Crippen LogP contribution in [-0.2, 0) is 12.8 Å². The van der Waals surface area contributed by atoms with Crippen molar-refractivity contribution in [2.75, 3.05) is 6.61 Å². The molecular formula is C20H21F5O2. The molecule has 0 aromatic heterocycles. The third kappa shape index (κ3) is 6.73. The lowest BCUT2D eigenvalue weighted by molar-refractivity contribution is -0.274. The number of halogens is 5. The van der Waals surface area contributed by atoms with E-state index in [1.807, 2.05) is 6.92 Å². The van der Waals surface area contributed by atoms with Crippen molar-refractivity contribution in [3.63, 3.8) is 0 Å². The molecular weight excluding hydrogens is 367 g/mol. The van der Waals surface area contributed by atoms with E-state index in [1.165, 1.54) is 36.4 Å². The molecule has 0 fully saturated rings. The number of alkyl halides is 3. The largest absolute Gasteiger partial charge is 0.573 e. The molecule has 2 aromatic carbocycles. The summed E-state index contributed by atoms with van der Waals surface area (Å²) in [6.45, 7) is 2.36.